The van der Waals surface area contributed by atoms with Gasteiger partial charge in [-0.25, -0.2) is 4.79 Å². The van der Waals surface area contributed by atoms with Gasteiger partial charge in [-0.2, -0.15) is 0 Å². The van der Waals surface area contributed by atoms with Gasteiger partial charge in [0.15, 0.2) is 5.78 Å². The second kappa shape index (κ2) is 4.29. The minimum absolute atomic E-state index is 0.0836. The predicted octanol–water partition coefficient (Wildman–Crippen LogP) is 2.18. The quantitative estimate of drug-likeness (QED) is 0.746. The summed E-state index contributed by atoms with van der Waals surface area (Å²) in [5.41, 5.74) is 1.96. The Morgan fingerprint density at radius 2 is 2.00 bits per heavy atom. The van der Waals surface area contributed by atoms with E-state index in [1.165, 1.54) is 6.92 Å². The van der Waals surface area contributed by atoms with Crippen molar-refractivity contribution in [1.82, 2.24) is 4.98 Å². The Bertz CT molecular complexity index is 404. The first kappa shape index (κ1) is 11.5. The number of rotatable bonds is 4. The Labute approximate surface area is 88.3 Å². The molecule has 0 aliphatic heterocycles. The van der Waals surface area contributed by atoms with E-state index in [4.69, 9.17) is 5.11 Å². The summed E-state index contributed by atoms with van der Waals surface area (Å²) in [7, 11) is 0. The van der Waals surface area contributed by atoms with Gasteiger partial charge in [0.1, 0.15) is 5.69 Å². The first-order chi connectivity index (χ1) is 6.99. The molecule has 0 spiro atoms. The molecule has 0 saturated carbocycles. The lowest BCUT2D eigenvalue weighted by atomic mass is 10.0. The maximum absolute atomic E-state index is 11.4. The van der Waals surface area contributed by atoms with Crippen LogP contribution in [0.2, 0.25) is 0 Å². The average molecular weight is 209 g/mol. The number of aromatic nitrogens is 1. The van der Waals surface area contributed by atoms with Gasteiger partial charge < -0.3 is 10.1 Å². The van der Waals surface area contributed by atoms with E-state index in [0.717, 1.165) is 6.42 Å². The highest BCUT2D eigenvalue weighted by molar-refractivity contribution is 6.00. The molecule has 0 aliphatic rings. The number of carboxylic acid groups (broad SMARTS) is 1. The lowest BCUT2D eigenvalue weighted by Crippen LogP contribution is -2.04. The van der Waals surface area contributed by atoms with Crippen LogP contribution in [0.25, 0.3) is 0 Å². The summed E-state index contributed by atoms with van der Waals surface area (Å²) in [4.78, 5) is 25.1. The molecule has 0 atom stereocenters. The zero-order valence-corrected chi connectivity index (χ0v) is 9.18. The molecule has 1 aromatic heterocycles. The summed E-state index contributed by atoms with van der Waals surface area (Å²) in [5, 5.41) is 8.97. The van der Waals surface area contributed by atoms with Gasteiger partial charge in [0.2, 0.25) is 0 Å². The van der Waals surface area contributed by atoms with Gasteiger partial charge in [0.05, 0.1) is 0 Å². The molecule has 2 N–H and O–H groups in total. The number of carboxylic acids is 1. The number of Topliss-reactive ketones (excluding diaryl/α,β-unsaturated/α-hetero) is 1. The second-order valence-corrected chi connectivity index (χ2v) is 3.59. The topological polar surface area (TPSA) is 70.2 Å². The van der Waals surface area contributed by atoms with Crippen LogP contribution in [-0.2, 0) is 6.42 Å². The normalized spacial score (nSPS) is 10.3. The van der Waals surface area contributed by atoms with Crippen LogP contribution in [-0.4, -0.2) is 21.8 Å². The summed E-state index contributed by atoms with van der Waals surface area (Å²) in [6, 6.07) is 0. The van der Waals surface area contributed by atoms with E-state index < -0.39 is 5.97 Å². The van der Waals surface area contributed by atoms with Crippen molar-refractivity contribution >= 4 is 11.8 Å². The molecular formula is C11H15NO3. The second-order valence-electron chi connectivity index (χ2n) is 3.59. The Balaban J connectivity index is 3.37. The largest absolute Gasteiger partial charge is 0.477 e. The molecule has 1 aromatic rings. The third-order valence-corrected chi connectivity index (χ3v) is 2.36. The van der Waals surface area contributed by atoms with E-state index in [1.807, 2.05) is 6.92 Å². The van der Waals surface area contributed by atoms with Crippen LogP contribution in [0, 0.1) is 6.92 Å². The lowest BCUT2D eigenvalue weighted by Gasteiger charge is -2.01. The molecular weight excluding hydrogens is 194 g/mol. The van der Waals surface area contributed by atoms with Gasteiger partial charge in [-0.1, -0.05) is 13.3 Å². The highest BCUT2D eigenvalue weighted by Crippen LogP contribution is 2.21. The van der Waals surface area contributed by atoms with Crippen molar-refractivity contribution < 1.29 is 14.7 Å². The molecule has 15 heavy (non-hydrogen) atoms. The fourth-order valence-electron chi connectivity index (χ4n) is 1.84. The molecule has 0 bridgehead atoms. The van der Waals surface area contributed by atoms with Gasteiger partial charge in [0, 0.05) is 11.3 Å². The van der Waals surface area contributed by atoms with Crippen molar-refractivity contribution in [3.63, 3.8) is 0 Å². The van der Waals surface area contributed by atoms with Crippen molar-refractivity contribution in [2.45, 2.75) is 33.6 Å². The predicted molar refractivity (Wildman–Crippen MR) is 56.5 cm³/mol. The maximum atomic E-state index is 11.4. The molecule has 0 amide bonds. The minimum atomic E-state index is -1.01. The van der Waals surface area contributed by atoms with Crippen LogP contribution in [0.3, 0.4) is 0 Å². The van der Waals surface area contributed by atoms with Gasteiger partial charge >= 0.3 is 5.97 Å². The Morgan fingerprint density at radius 1 is 1.40 bits per heavy atom. The van der Waals surface area contributed by atoms with Gasteiger partial charge in [-0.15, -0.1) is 0 Å². The van der Waals surface area contributed by atoms with Crippen molar-refractivity contribution in [1.29, 1.82) is 0 Å². The van der Waals surface area contributed by atoms with E-state index in [9.17, 15) is 9.59 Å². The maximum Gasteiger partial charge on any atom is 0.352 e. The summed E-state index contributed by atoms with van der Waals surface area (Å²) >= 11 is 0. The van der Waals surface area contributed by atoms with Crippen LogP contribution < -0.4 is 0 Å². The molecule has 0 saturated heterocycles. The van der Waals surface area contributed by atoms with E-state index in [1.54, 1.807) is 6.92 Å². The van der Waals surface area contributed by atoms with Crippen LogP contribution >= 0.6 is 0 Å². The van der Waals surface area contributed by atoms with E-state index in [2.05, 4.69) is 4.98 Å². The van der Waals surface area contributed by atoms with Gasteiger partial charge in [-0.3, -0.25) is 4.79 Å². The third-order valence-electron chi connectivity index (χ3n) is 2.36. The molecule has 0 fully saturated rings. The van der Waals surface area contributed by atoms with Crippen molar-refractivity contribution in [3.05, 3.63) is 22.5 Å². The van der Waals surface area contributed by atoms with Crippen LogP contribution in [0.4, 0.5) is 0 Å². The Kier molecular flexibility index (Phi) is 3.29. The highest BCUT2D eigenvalue weighted by Gasteiger charge is 2.21. The average Bonchev–Trinajstić information content (AvgIpc) is 2.43. The molecule has 4 heteroatoms. The number of nitrogens with one attached hydrogen (secondary N) is 1. The van der Waals surface area contributed by atoms with E-state index in [0.29, 0.717) is 23.2 Å². The zero-order valence-electron chi connectivity index (χ0n) is 9.18. The summed E-state index contributed by atoms with van der Waals surface area (Å²) < 4.78 is 0. The van der Waals surface area contributed by atoms with Gasteiger partial charge in [-0.05, 0) is 25.8 Å². The van der Waals surface area contributed by atoms with Crippen molar-refractivity contribution in [3.8, 4) is 0 Å². The number of aromatic amines is 1. The van der Waals surface area contributed by atoms with E-state index >= 15 is 0 Å². The summed E-state index contributed by atoms with van der Waals surface area (Å²) in [6.07, 6.45) is 1.43. The first-order valence-electron chi connectivity index (χ1n) is 4.94. The summed E-state index contributed by atoms with van der Waals surface area (Å²) in [5.74, 6) is -1.09. The van der Waals surface area contributed by atoms with Gasteiger partial charge in [0.25, 0.3) is 0 Å². The summed E-state index contributed by atoms with van der Waals surface area (Å²) in [6.45, 7) is 5.14. The number of hydrogen-bond acceptors (Lipinski definition) is 2. The van der Waals surface area contributed by atoms with Crippen LogP contribution in [0.1, 0.15) is 52.4 Å². The minimum Gasteiger partial charge on any atom is -0.477 e. The molecule has 82 valence electrons. The van der Waals surface area contributed by atoms with Crippen LogP contribution in [0.5, 0.6) is 0 Å². The number of aryl methyl sites for hydroxylation is 1. The number of H-pyrrole nitrogens is 1. The fourth-order valence-corrected chi connectivity index (χ4v) is 1.84. The standard InChI is InChI=1S/C11H15NO3/c1-4-5-8-9(7(3)13)6(2)12-10(8)11(14)15/h12H,4-5H2,1-3H3,(H,14,15). The molecule has 0 radical (unpaired) electrons. The highest BCUT2D eigenvalue weighted by atomic mass is 16.4. The number of carbonyl (C=O) groups is 2. The SMILES string of the molecule is CCCc1c(C(=O)O)[nH]c(C)c1C(C)=O. The number of aromatic carboxylic acids is 1. The van der Waals surface area contributed by atoms with Crippen LogP contribution in [0.15, 0.2) is 0 Å². The first-order valence-corrected chi connectivity index (χ1v) is 4.94. The monoisotopic (exact) mass is 209 g/mol. The molecule has 0 aliphatic carbocycles. The third kappa shape index (κ3) is 2.09. The molecule has 0 aromatic carbocycles. The number of carbonyl (C=O) groups excluding carboxylic acids is 1. The Morgan fingerprint density at radius 3 is 2.40 bits per heavy atom. The smallest absolute Gasteiger partial charge is 0.352 e. The molecule has 0 unspecified atom stereocenters. The zero-order chi connectivity index (χ0) is 11.6. The Hall–Kier alpha value is -1.58. The molecule has 1 rings (SSSR count). The molecule has 4 nitrogen and oxygen atoms in total. The number of hydrogen-bond donors (Lipinski definition) is 2. The van der Waals surface area contributed by atoms with Crippen molar-refractivity contribution in [2.75, 3.05) is 0 Å². The fraction of sp³-hybridized carbons (Fsp3) is 0.455. The van der Waals surface area contributed by atoms with Crippen molar-refractivity contribution in [2.24, 2.45) is 0 Å². The number of ketones is 1. The molecule has 1 heterocycles. The lowest BCUT2D eigenvalue weighted by molar-refractivity contribution is 0.0690. The van der Waals surface area contributed by atoms with E-state index in [-0.39, 0.29) is 11.5 Å².